The lowest BCUT2D eigenvalue weighted by atomic mass is 10.0. The highest BCUT2D eigenvalue weighted by molar-refractivity contribution is 7.89. The zero-order valence-electron chi connectivity index (χ0n) is 13.9. The van der Waals surface area contributed by atoms with Gasteiger partial charge in [0.15, 0.2) is 0 Å². The standard InChI is InChI=1S/C19H17N3O3S/c20-26(24,25)17-8-6-16(7-9-17)22-19(23)11-10-18(21-22)15-5-4-13-2-1-3-14(13)12-15/h4-12H,1-3H2,(H2,20,24,25). The summed E-state index contributed by atoms with van der Waals surface area (Å²) in [6.45, 7) is 0. The van der Waals surface area contributed by atoms with E-state index in [1.165, 1.54) is 52.6 Å². The molecule has 0 amide bonds. The van der Waals surface area contributed by atoms with E-state index in [4.69, 9.17) is 5.14 Å². The van der Waals surface area contributed by atoms with Gasteiger partial charge >= 0.3 is 0 Å². The minimum absolute atomic E-state index is 0.0101. The predicted molar refractivity (Wildman–Crippen MR) is 98.7 cm³/mol. The first-order chi connectivity index (χ1) is 12.4. The molecule has 0 aliphatic heterocycles. The largest absolute Gasteiger partial charge is 0.271 e. The van der Waals surface area contributed by atoms with Gasteiger partial charge in [-0.05, 0) is 66.8 Å². The number of nitrogens with zero attached hydrogens (tertiary/aromatic N) is 2. The lowest BCUT2D eigenvalue weighted by Gasteiger charge is -2.09. The highest BCUT2D eigenvalue weighted by atomic mass is 32.2. The van der Waals surface area contributed by atoms with E-state index in [1.807, 2.05) is 6.07 Å². The van der Waals surface area contributed by atoms with Crippen LogP contribution in [0.15, 0.2) is 64.3 Å². The molecular weight excluding hydrogens is 350 g/mol. The Morgan fingerprint density at radius 1 is 0.923 bits per heavy atom. The summed E-state index contributed by atoms with van der Waals surface area (Å²) in [5.74, 6) is 0. The Balaban J connectivity index is 1.76. The van der Waals surface area contributed by atoms with E-state index < -0.39 is 10.0 Å². The Bertz CT molecular complexity index is 1150. The van der Waals surface area contributed by atoms with Crippen molar-refractivity contribution in [1.82, 2.24) is 9.78 Å². The van der Waals surface area contributed by atoms with Crippen molar-refractivity contribution in [3.05, 3.63) is 76.1 Å². The first kappa shape index (κ1) is 16.7. The lowest BCUT2D eigenvalue weighted by molar-refractivity contribution is 0.597. The van der Waals surface area contributed by atoms with Crippen LogP contribution in [0, 0.1) is 0 Å². The summed E-state index contributed by atoms with van der Waals surface area (Å²) < 4.78 is 24.0. The zero-order chi connectivity index (χ0) is 18.3. The van der Waals surface area contributed by atoms with Gasteiger partial charge in [-0.25, -0.2) is 13.6 Å². The molecule has 0 spiro atoms. The molecule has 2 aromatic carbocycles. The molecule has 0 saturated carbocycles. The first-order valence-electron chi connectivity index (χ1n) is 8.28. The average Bonchev–Trinajstić information content (AvgIpc) is 3.09. The van der Waals surface area contributed by atoms with Crippen molar-refractivity contribution in [2.24, 2.45) is 5.14 Å². The molecule has 6 nitrogen and oxygen atoms in total. The Kier molecular flexibility index (Phi) is 3.97. The van der Waals surface area contributed by atoms with Crippen LogP contribution >= 0.6 is 0 Å². The summed E-state index contributed by atoms with van der Waals surface area (Å²) in [7, 11) is -3.78. The quantitative estimate of drug-likeness (QED) is 0.766. The number of hydrogen-bond acceptors (Lipinski definition) is 4. The van der Waals surface area contributed by atoms with Crippen LogP contribution in [0.5, 0.6) is 0 Å². The number of rotatable bonds is 3. The summed E-state index contributed by atoms with van der Waals surface area (Å²) in [4.78, 5) is 12.2. The fraction of sp³-hybridized carbons (Fsp3) is 0.158. The van der Waals surface area contributed by atoms with Crippen molar-refractivity contribution in [3.8, 4) is 16.9 Å². The summed E-state index contributed by atoms with van der Waals surface area (Å²) in [6.07, 6.45) is 3.35. The Morgan fingerprint density at radius 3 is 2.38 bits per heavy atom. The number of aromatic nitrogens is 2. The van der Waals surface area contributed by atoms with E-state index in [0.29, 0.717) is 11.4 Å². The molecule has 0 fully saturated rings. The van der Waals surface area contributed by atoms with Crippen LogP contribution in [0.4, 0.5) is 0 Å². The molecule has 1 heterocycles. The molecule has 1 aliphatic rings. The minimum atomic E-state index is -3.78. The lowest BCUT2D eigenvalue weighted by Crippen LogP contribution is -2.20. The second-order valence-corrected chi connectivity index (χ2v) is 7.91. The van der Waals surface area contributed by atoms with E-state index in [9.17, 15) is 13.2 Å². The van der Waals surface area contributed by atoms with Gasteiger partial charge in [-0.3, -0.25) is 4.79 Å². The van der Waals surface area contributed by atoms with Crippen LogP contribution in [-0.4, -0.2) is 18.2 Å². The van der Waals surface area contributed by atoms with Crippen molar-refractivity contribution in [2.45, 2.75) is 24.2 Å². The van der Waals surface area contributed by atoms with Gasteiger partial charge in [-0.1, -0.05) is 12.1 Å². The van der Waals surface area contributed by atoms with Crippen LogP contribution in [0.2, 0.25) is 0 Å². The molecule has 0 bridgehead atoms. The molecule has 4 rings (SSSR count). The predicted octanol–water partition coefficient (Wildman–Crippen LogP) is 2.04. The van der Waals surface area contributed by atoms with Crippen LogP contribution in [0.3, 0.4) is 0 Å². The van der Waals surface area contributed by atoms with Gasteiger partial charge < -0.3 is 0 Å². The number of primary sulfonamides is 1. The Hall–Kier alpha value is -2.77. The summed E-state index contributed by atoms with van der Waals surface area (Å²) >= 11 is 0. The maximum atomic E-state index is 12.2. The average molecular weight is 367 g/mol. The van der Waals surface area contributed by atoms with Crippen molar-refractivity contribution in [1.29, 1.82) is 0 Å². The van der Waals surface area contributed by atoms with Crippen molar-refractivity contribution in [3.63, 3.8) is 0 Å². The molecule has 1 aliphatic carbocycles. The third kappa shape index (κ3) is 3.07. The number of nitrogens with two attached hydrogens (primary N) is 1. The molecule has 0 atom stereocenters. The van der Waals surface area contributed by atoms with Crippen molar-refractivity contribution in [2.75, 3.05) is 0 Å². The fourth-order valence-electron chi connectivity index (χ4n) is 3.26. The van der Waals surface area contributed by atoms with E-state index in [1.54, 1.807) is 6.07 Å². The number of fused-ring (bicyclic) bond motifs is 1. The van der Waals surface area contributed by atoms with Gasteiger partial charge in [0.1, 0.15) is 0 Å². The second-order valence-electron chi connectivity index (χ2n) is 6.34. The maximum absolute atomic E-state index is 12.2. The van der Waals surface area contributed by atoms with E-state index in [2.05, 4.69) is 17.2 Å². The van der Waals surface area contributed by atoms with E-state index >= 15 is 0 Å². The SMILES string of the molecule is NS(=O)(=O)c1ccc(-n2nc(-c3ccc4c(c3)CCC4)ccc2=O)cc1. The van der Waals surface area contributed by atoms with Gasteiger partial charge in [0.25, 0.3) is 5.56 Å². The summed E-state index contributed by atoms with van der Waals surface area (Å²) in [5, 5.41) is 9.56. The Morgan fingerprint density at radius 2 is 1.65 bits per heavy atom. The van der Waals surface area contributed by atoms with Gasteiger partial charge in [0, 0.05) is 11.6 Å². The molecule has 26 heavy (non-hydrogen) atoms. The number of aryl methyl sites for hydroxylation is 2. The number of benzene rings is 2. The molecule has 0 saturated heterocycles. The normalized spacial score (nSPS) is 13.6. The van der Waals surface area contributed by atoms with Gasteiger partial charge in [-0.15, -0.1) is 0 Å². The molecule has 3 aromatic rings. The molecule has 7 heteroatoms. The molecule has 0 radical (unpaired) electrons. The van der Waals surface area contributed by atoms with Crippen LogP contribution < -0.4 is 10.7 Å². The van der Waals surface area contributed by atoms with E-state index in [0.717, 1.165) is 18.4 Å². The number of hydrogen-bond donors (Lipinski definition) is 1. The Labute approximate surface area is 151 Å². The first-order valence-corrected chi connectivity index (χ1v) is 9.82. The van der Waals surface area contributed by atoms with Crippen LogP contribution in [-0.2, 0) is 22.9 Å². The minimum Gasteiger partial charge on any atom is -0.267 e. The molecular formula is C19H17N3O3S. The van der Waals surface area contributed by atoms with Crippen LogP contribution in [0.25, 0.3) is 16.9 Å². The van der Waals surface area contributed by atoms with Crippen molar-refractivity contribution >= 4 is 10.0 Å². The molecule has 132 valence electrons. The fourth-order valence-corrected chi connectivity index (χ4v) is 3.77. The molecule has 0 unspecified atom stereocenters. The zero-order valence-corrected chi connectivity index (χ0v) is 14.7. The smallest absolute Gasteiger partial charge is 0.267 e. The second kappa shape index (κ2) is 6.19. The molecule has 2 N–H and O–H groups in total. The summed E-state index contributed by atoms with van der Waals surface area (Å²) in [5.41, 5.74) is 4.54. The summed E-state index contributed by atoms with van der Waals surface area (Å²) in [6, 6.07) is 15.2. The van der Waals surface area contributed by atoms with E-state index in [-0.39, 0.29) is 10.5 Å². The number of sulfonamides is 1. The highest BCUT2D eigenvalue weighted by Gasteiger charge is 2.13. The molecule has 1 aromatic heterocycles. The van der Waals surface area contributed by atoms with Crippen LogP contribution in [0.1, 0.15) is 17.5 Å². The van der Waals surface area contributed by atoms with Gasteiger partial charge in [0.2, 0.25) is 10.0 Å². The highest BCUT2D eigenvalue weighted by Crippen LogP contribution is 2.27. The topological polar surface area (TPSA) is 95.1 Å². The third-order valence-electron chi connectivity index (χ3n) is 4.60. The maximum Gasteiger partial charge on any atom is 0.271 e. The third-order valence-corrected chi connectivity index (χ3v) is 5.53. The van der Waals surface area contributed by atoms with Gasteiger partial charge in [0.05, 0.1) is 16.3 Å². The van der Waals surface area contributed by atoms with Crippen molar-refractivity contribution < 1.29 is 8.42 Å². The van der Waals surface area contributed by atoms with Gasteiger partial charge in [-0.2, -0.15) is 9.78 Å². The monoisotopic (exact) mass is 367 g/mol.